The first kappa shape index (κ1) is 87.2. The zero-order valence-corrected chi connectivity index (χ0v) is 73.9. The van der Waals surface area contributed by atoms with Crippen LogP contribution in [-0.4, -0.2) is 111 Å². The zero-order chi connectivity index (χ0) is 85.3. The van der Waals surface area contributed by atoms with Gasteiger partial charge in [-0.2, -0.15) is 10.2 Å². The Bertz CT molecular complexity index is 5000. The molecule has 17 aromatic heterocycles. The summed E-state index contributed by atoms with van der Waals surface area (Å²) in [5.41, 5.74) is 20.6. The summed E-state index contributed by atoms with van der Waals surface area (Å²) in [5.74, 6) is 0.771. The van der Waals surface area contributed by atoms with Crippen LogP contribution in [0.4, 0.5) is 0 Å². The van der Waals surface area contributed by atoms with Crippen molar-refractivity contribution in [2.24, 2.45) is 0 Å². The van der Waals surface area contributed by atoms with E-state index in [2.05, 4.69) is 389 Å². The molecule has 117 heavy (non-hydrogen) atoms. The minimum absolute atomic E-state index is 0.0632. The summed E-state index contributed by atoms with van der Waals surface area (Å²) >= 11 is 0. The summed E-state index contributed by atoms with van der Waals surface area (Å²) in [6, 6.07) is 44.2. The maximum atomic E-state index is 4.52. The van der Waals surface area contributed by atoms with Gasteiger partial charge in [0.1, 0.15) is 37.3 Å². The van der Waals surface area contributed by atoms with Crippen molar-refractivity contribution < 1.29 is 0 Å². The number of nitrogens with one attached hydrogen (secondary N) is 1. The van der Waals surface area contributed by atoms with E-state index < -0.39 is 0 Å². The summed E-state index contributed by atoms with van der Waals surface area (Å²) in [4.78, 5) is 20.4. The summed E-state index contributed by atoms with van der Waals surface area (Å²) in [7, 11) is 0. The molecule has 18 rings (SSSR count). The maximum absolute atomic E-state index is 4.52. The van der Waals surface area contributed by atoms with Gasteiger partial charge in [0.25, 0.3) is 0 Å². The quantitative estimate of drug-likeness (QED) is 0.149. The second-order valence-corrected chi connectivity index (χ2v) is 38.7. The number of aromatic nitrogens is 23. The third-order valence-electron chi connectivity index (χ3n) is 19.6. The van der Waals surface area contributed by atoms with Gasteiger partial charge in [-0.1, -0.05) is 205 Å². The van der Waals surface area contributed by atoms with Gasteiger partial charge in [-0.3, -0.25) is 17.6 Å². The molecule has 1 N–H and O–H groups in total. The van der Waals surface area contributed by atoms with Gasteiger partial charge in [-0.05, 0) is 174 Å². The first-order chi connectivity index (χ1) is 54.6. The zero-order valence-electron chi connectivity index (χ0n) is 73.9. The Kier molecular flexibility index (Phi) is 26.2. The van der Waals surface area contributed by atoms with Crippen LogP contribution in [0.5, 0.6) is 0 Å². The lowest BCUT2D eigenvalue weighted by atomic mass is 9.87. The van der Waals surface area contributed by atoms with Gasteiger partial charge in [-0.25, -0.2) is 29.0 Å². The second kappa shape index (κ2) is 35.1. The lowest BCUT2D eigenvalue weighted by Gasteiger charge is -2.18. The number of fused-ring (bicyclic) bond motifs is 9. The summed E-state index contributed by atoms with van der Waals surface area (Å²) < 4.78 is 15.3. The van der Waals surface area contributed by atoms with Gasteiger partial charge in [-0.15, -0.1) is 40.8 Å². The normalized spacial score (nSPS) is 12.2. The minimum Gasteiger partial charge on any atom is -0.361 e. The molecule has 23 heteroatoms. The van der Waals surface area contributed by atoms with Crippen LogP contribution in [0.3, 0.4) is 0 Å². The fourth-order valence-electron chi connectivity index (χ4n) is 11.8. The Morgan fingerprint density at radius 1 is 0.291 bits per heavy atom. The third-order valence-corrected chi connectivity index (χ3v) is 19.6. The van der Waals surface area contributed by atoms with E-state index in [0.29, 0.717) is 0 Å². The van der Waals surface area contributed by atoms with Gasteiger partial charge in [0.15, 0.2) is 22.6 Å². The fraction of sp³-hybridized carbons (Fsp3) is 0.383. The van der Waals surface area contributed by atoms with Crippen molar-refractivity contribution in [1.82, 2.24) is 111 Å². The molecule has 0 aliphatic carbocycles. The number of rotatable bonds is 0. The topological polar surface area (TPSA) is 232 Å². The molecule has 17 heterocycles. The molecule has 0 bridgehead atoms. The van der Waals surface area contributed by atoms with Crippen molar-refractivity contribution in [3.63, 3.8) is 0 Å². The molecular weight excluding hydrogens is 1450 g/mol. The highest BCUT2D eigenvalue weighted by molar-refractivity contribution is 5.80. The van der Waals surface area contributed by atoms with Crippen LogP contribution in [0.25, 0.3) is 55.9 Å². The molecule has 0 aliphatic heterocycles. The monoisotopic (exact) mass is 1570 g/mol. The Balaban J connectivity index is 0.000000139. The van der Waals surface area contributed by atoms with Crippen LogP contribution in [-0.2, 0) is 48.7 Å². The molecule has 612 valence electrons. The number of hydrogen-bond donors (Lipinski definition) is 1. The fourth-order valence-corrected chi connectivity index (χ4v) is 11.8. The number of imidazole rings is 2. The molecule has 0 saturated carbocycles. The summed E-state index contributed by atoms with van der Waals surface area (Å²) in [6.07, 6.45) is 34.0. The van der Waals surface area contributed by atoms with Crippen molar-refractivity contribution in [3.8, 4) is 0 Å². The van der Waals surface area contributed by atoms with Crippen LogP contribution >= 0.6 is 0 Å². The summed E-state index contributed by atoms with van der Waals surface area (Å²) in [5, 5.41) is 41.2. The van der Waals surface area contributed by atoms with Crippen molar-refractivity contribution in [2.45, 2.75) is 236 Å². The molecule has 0 radical (unpaired) electrons. The Labute approximate surface area is 689 Å². The van der Waals surface area contributed by atoms with E-state index in [1.165, 1.54) is 49.8 Å². The van der Waals surface area contributed by atoms with Crippen molar-refractivity contribution in [2.75, 3.05) is 0 Å². The molecule has 0 atom stereocenters. The number of benzene rings is 1. The van der Waals surface area contributed by atoms with Crippen LogP contribution < -0.4 is 0 Å². The molecule has 18 aromatic rings. The van der Waals surface area contributed by atoms with E-state index >= 15 is 0 Å². The standard InChI is InChI=1S/2C12H15N.2C11H14N2.3C10H13N3.2C9H12N4/c1-12(2,3)10-5-4-9-6-7-13-11(9)8-10;1-12(2,3)10-6-7-11-5-4-8-13(11)9-10;1-11(2,3)9-4-6-13-7-5-12-10(13)8-9;1-11(2,3)10-7-6-9-5-4-8-13(9)12-10;1-10(2,3)8-4-6-13-7-5-11-9(13)12-8;2*1-10(2,3)8-4-5-13-7-11-12-9(13)6-8;1-9(2,3)7-4-8-12-11-6-13(8)5-10-7;1-9(2,3)7-4-8-12-10-6-13(8)11-5-7/h4-8,13H,1-3H3;4-9H,1-3H3;2*4-8H,1-3H3;3*4-7H,1-3H3;2*4-6H,1-3H3. The Morgan fingerprint density at radius 3 is 1.34 bits per heavy atom. The minimum atomic E-state index is 0.0632. The highest BCUT2D eigenvalue weighted by Gasteiger charge is 2.22. The lowest BCUT2D eigenvalue weighted by Crippen LogP contribution is -2.14. The third kappa shape index (κ3) is 23.8. The number of aromatic amines is 1. The van der Waals surface area contributed by atoms with E-state index in [9.17, 15) is 0 Å². The van der Waals surface area contributed by atoms with Crippen LogP contribution in [0.2, 0.25) is 0 Å². The average Bonchev–Trinajstić information content (AvgIpc) is 1.82. The largest absolute Gasteiger partial charge is 0.361 e. The molecule has 0 saturated heterocycles. The molecule has 0 aliphatic rings. The first-order valence-corrected chi connectivity index (χ1v) is 39.9. The molecule has 0 fully saturated rings. The Hall–Kier alpha value is -12.1. The smallest absolute Gasteiger partial charge is 0.233 e. The molecule has 0 amide bonds. The van der Waals surface area contributed by atoms with E-state index in [0.717, 1.165) is 56.6 Å². The predicted octanol–water partition coefficient (Wildman–Crippen LogP) is 20.9. The number of H-pyrrole nitrogens is 1. The van der Waals surface area contributed by atoms with Gasteiger partial charge < -0.3 is 13.8 Å². The highest BCUT2D eigenvalue weighted by atomic mass is 15.3. The molecule has 23 nitrogen and oxygen atoms in total. The number of hydrogen-bond acceptors (Lipinski definition) is 14. The lowest BCUT2D eigenvalue weighted by molar-refractivity contribution is 0.554. The molecule has 0 spiro atoms. The van der Waals surface area contributed by atoms with E-state index in [1.54, 1.807) is 46.7 Å². The Morgan fingerprint density at radius 2 is 0.761 bits per heavy atom. The van der Waals surface area contributed by atoms with E-state index in [-0.39, 0.29) is 48.7 Å². The van der Waals surface area contributed by atoms with E-state index in [4.69, 9.17) is 0 Å². The predicted molar refractivity (Wildman–Crippen MR) is 475 cm³/mol. The van der Waals surface area contributed by atoms with Crippen LogP contribution in [0.1, 0.15) is 237 Å². The second-order valence-electron chi connectivity index (χ2n) is 38.7. The van der Waals surface area contributed by atoms with E-state index in [1.807, 2.05) is 102 Å². The molecular formula is C94H121N23. The first-order valence-electron chi connectivity index (χ1n) is 39.9. The maximum Gasteiger partial charge on any atom is 0.233 e. The molecule has 1 aromatic carbocycles. The van der Waals surface area contributed by atoms with Crippen molar-refractivity contribution in [3.05, 3.63) is 290 Å². The SMILES string of the molecule is CC(C)(C)c1cc2nncn2cn1.CC(C)(C)c1ccc2cc[nH]c2c1.CC(C)(C)c1ccc2cccn2c1.CC(C)(C)c1ccc2cccn2n1.CC(C)(C)c1ccn2ccnc2c1.CC(C)(C)c1ccn2ccnc2n1.CC(C)(C)c1ccn2cnnc2c1.CC(C)(C)c1ccn2cnnc2c1.CC(C)(C)c1cnn2cnnc2c1. The highest BCUT2D eigenvalue weighted by Crippen LogP contribution is 2.30. The van der Waals surface area contributed by atoms with Crippen molar-refractivity contribution in [1.29, 1.82) is 0 Å². The van der Waals surface area contributed by atoms with Crippen LogP contribution in [0, 0.1) is 0 Å². The van der Waals surface area contributed by atoms with Gasteiger partial charge in [0.05, 0.1) is 28.8 Å². The van der Waals surface area contributed by atoms with Crippen LogP contribution in [0.15, 0.2) is 240 Å². The van der Waals surface area contributed by atoms with Gasteiger partial charge in [0, 0.05) is 108 Å². The van der Waals surface area contributed by atoms with Gasteiger partial charge >= 0.3 is 0 Å². The molecule has 0 unspecified atom stereocenters. The van der Waals surface area contributed by atoms with Gasteiger partial charge in [0.2, 0.25) is 5.78 Å². The van der Waals surface area contributed by atoms with Crippen molar-refractivity contribution >= 4 is 55.9 Å². The number of nitrogens with zero attached hydrogens (tertiary/aromatic N) is 22. The summed E-state index contributed by atoms with van der Waals surface area (Å²) in [6.45, 7) is 59.0. The number of pyridine rings is 4. The average molecular weight is 1570 g/mol.